The average molecular weight is 303 g/mol. The van der Waals surface area contributed by atoms with E-state index in [9.17, 15) is 0 Å². The Labute approximate surface area is 107 Å². The highest BCUT2D eigenvalue weighted by Gasteiger charge is 2.10. The minimum atomic E-state index is -2.05. The van der Waals surface area contributed by atoms with Crippen molar-refractivity contribution in [3.63, 3.8) is 0 Å². The average Bonchev–Trinajstić information content (AvgIpc) is 2.14. The van der Waals surface area contributed by atoms with E-state index >= 15 is 0 Å². The van der Waals surface area contributed by atoms with E-state index in [4.69, 9.17) is 57.6 Å². The highest BCUT2D eigenvalue weighted by atomic mass is 35.5. The normalized spacial score (nSPS) is 11.6. The molecule has 1 atom stereocenters. The van der Waals surface area contributed by atoms with Crippen molar-refractivity contribution in [2.75, 3.05) is 0 Å². The molecule has 1 aromatic heterocycles. The van der Waals surface area contributed by atoms with Gasteiger partial charge in [-0.25, -0.2) is 0 Å². The number of pyridine rings is 1. The van der Waals surface area contributed by atoms with Crippen LogP contribution in [0.1, 0.15) is 0 Å². The van der Waals surface area contributed by atoms with Gasteiger partial charge in [0.25, 0.3) is 7.15 Å². The monoisotopic (exact) mass is 301 g/mol. The van der Waals surface area contributed by atoms with Crippen LogP contribution in [0.15, 0.2) is 6.07 Å². The van der Waals surface area contributed by atoms with Gasteiger partial charge in [0.05, 0.1) is 5.02 Å². The van der Waals surface area contributed by atoms with E-state index in [1.54, 1.807) is 0 Å². The summed E-state index contributed by atoms with van der Waals surface area (Å²) in [6, 6.07) is 1.40. The quantitative estimate of drug-likeness (QED) is 0.485. The van der Waals surface area contributed by atoms with E-state index in [2.05, 4.69) is 9.51 Å². The maximum atomic E-state index is 5.78. The number of hydrogen-bond acceptors (Lipinski definition) is 4. The minimum absolute atomic E-state index is 0.0604. The molecule has 8 heteroatoms. The number of aromatic nitrogens is 1. The molecule has 0 radical (unpaired) electrons. The van der Waals surface area contributed by atoms with Gasteiger partial charge in [-0.05, 0) is 17.9 Å². The second-order valence-electron chi connectivity index (χ2n) is 2.12. The van der Waals surface area contributed by atoms with Crippen LogP contribution in [0.2, 0.25) is 15.2 Å². The topological polar surface area (TPSA) is 31.4 Å². The molecule has 0 aromatic carbocycles. The summed E-state index contributed by atoms with van der Waals surface area (Å²) in [5, 5.41) is 0.490. The molecule has 0 aliphatic heterocycles. The summed E-state index contributed by atoms with van der Waals surface area (Å²) in [5.41, 5.74) is 0. The molecule has 15 heavy (non-hydrogen) atoms. The number of halogens is 3. The molecule has 1 heterocycles. The van der Waals surface area contributed by atoms with Gasteiger partial charge in [0.15, 0.2) is 5.15 Å². The fraction of sp³-hybridized carbons (Fsp3) is 0. The van der Waals surface area contributed by atoms with Crippen molar-refractivity contribution in [1.82, 2.24) is 4.98 Å². The lowest BCUT2D eigenvalue weighted by Gasteiger charge is -2.07. The first kappa shape index (κ1) is 12.9. The van der Waals surface area contributed by atoms with E-state index in [-0.39, 0.29) is 21.1 Å². The van der Waals surface area contributed by atoms with E-state index in [1.165, 1.54) is 6.07 Å². The third kappa shape index (κ3) is 3.71. The lowest BCUT2D eigenvalue weighted by Crippen LogP contribution is -1.89. The molecule has 0 saturated heterocycles. The van der Waals surface area contributed by atoms with Gasteiger partial charge in [-0.1, -0.05) is 41.2 Å². The van der Waals surface area contributed by atoms with Crippen LogP contribution in [0, 0.1) is 12.5 Å². The number of terminal acetylenes is 1. The van der Waals surface area contributed by atoms with Crippen LogP contribution in [0.5, 0.6) is 5.88 Å². The summed E-state index contributed by atoms with van der Waals surface area (Å²) >= 11 is 21.9. The van der Waals surface area contributed by atoms with Crippen LogP contribution in [0.4, 0.5) is 0 Å². The van der Waals surface area contributed by atoms with Crippen LogP contribution in [0.3, 0.4) is 0 Å². The van der Waals surface area contributed by atoms with Crippen LogP contribution in [-0.2, 0) is 16.3 Å². The van der Waals surface area contributed by atoms with Crippen molar-refractivity contribution in [2.45, 2.75) is 0 Å². The fourth-order valence-corrected chi connectivity index (χ4v) is 2.07. The number of nitrogens with zero attached hydrogens (tertiary/aromatic N) is 1. The van der Waals surface area contributed by atoms with E-state index < -0.39 is 7.15 Å². The zero-order chi connectivity index (χ0) is 11.4. The molecule has 1 unspecified atom stereocenters. The molecule has 0 bridgehead atoms. The maximum Gasteiger partial charge on any atom is 0.286 e. The van der Waals surface area contributed by atoms with Crippen LogP contribution in [0.25, 0.3) is 0 Å². The Balaban J connectivity index is 2.92. The molecular weight excluding hydrogens is 299 g/mol. The van der Waals surface area contributed by atoms with Crippen molar-refractivity contribution >= 4 is 53.8 Å². The first-order valence-corrected chi connectivity index (χ1v) is 6.98. The zero-order valence-electron chi connectivity index (χ0n) is 6.96. The van der Waals surface area contributed by atoms with Crippen molar-refractivity contribution in [3.05, 3.63) is 21.3 Å². The summed E-state index contributed by atoms with van der Waals surface area (Å²) in [5.74, 6) is 0.0604. The Morgan fingerprint density at radius 3 is 2.67 bits per heavy atom. The molecule has 1 rings (SSSR count). The molecule has 1 aromatic rings. The van der Waals surface area contributed by atoms with Gasteiger partial charge in [-0.3, -0.25) is 0 Å². The second kappa shape index (κ2) is 5.79. The van der Waals surface area contributed by atoms with E-state index in [0.29, 0.717) is 0 Å². The Bertz CT molecular complexity index is 449. The van der Waals surface area contributed by atoms with Crippen LogP contribution in [-0.4, -0.2) is 4.98 Å². The van der Waals surface area contributed by atoms with Gasteiger partial charge >= 0.3 is 0 Å². The van der Waals surface area contributed by atoms with Crippen molar-refractivity contribution in [1.29, 1.82) is 0 Å². The third-order valence-electron chi connectivity index (χ3n) is 1.18. The van der Waals surface area contributed by atoms with Crippen molar-refractivity contribution in [3.8, 4) is 18.4 Å². The van der Waals surface area contributed by atoms with E-state index in [0.717, 1.165) is 0 Å². The van der Waals surface area contributed by atoms with Gasteiger partial charge < -0.3 is 9.05 Å². The SMILES string of the molecule is C#CO[PH](=S)Oc1nc(Cl)c(Cl)cc1Cl. The lowest BCUT2D eigenvalue weighted by atomic mass is 10.5. The molecule has 0 aliphatic carbocycles. The van der Waals surface area contributed by atoms with Gasteiger partial charge in [-0.2, -0.15) is 4.98 Å². The van der Waals surface area contributed by atoms with Crippen molar-refractivity contribution < 1.29 is 9.05 Å². The molecule has 0 aliphatic rings. The summed E-state index contributed by atoms with van der Waals surface area (Å²) in [6.45, 7) is 0. The number of rotatable bonds is 3. The zero-order valence-corrected chi connectivity index (χ0v) is 11.0. The van der Waals surface area contributed by atoms with Gasteiger partial charge in [-0.15, -0.1) is 0 Å². The molecule has 0 N–H and O–H groups in total. The van der Waals surface area contributed by atoms with Crippen LogP contribution < -0.4 is 4.52 Å². The lowest BCUT2D eigenvalue weighted by molar-refractivity contribution is 0.481. The van der Waals surface area contributed by atoms with Gasteiger partial charge in [0.1, 0.15) is 11.1 Å². The first-order valence-electron chi connectivity index (χ1n) is 3.40. The summed E-state index contributed by atoms with van der Waals surface area (Å²) in [7, 11) is -2.05. The van der Waals surface area contributed by atoms with Crippen LogP contribution >= 0.6 is 42.0 Å². The number of hydrogen-bond donors (Lipinski definition) is 0. The third-order valence-corrected chi connectivity index (χ3v) is 3.27. The predicted molar refractivity (Wildman–Crippen MR) is 65.5 cm³/mol. The largest absolute Gasteiger partial charge is 0.417 e. The van der Waals surface area contributed by atoms with Gasteiger partial charge in [0, 0.05) is 0 Å². The Morgan fingerprint density at radius 2 is 2.07 bits per heavy atom. The standard InChI is InChI=1S/C7H3Cl3NO2PS/c1-2-12-14(15)13-7-5(9)3-4(8)6(10)11-7/h1,3,14H. The Morgan fingerprint density at radius 1 is 1.40 bits per heavy atom. The summed E-state index contributed by atoms with van der Waals surface area (Å²) < 4.78 is 9.71. The molecule has 0 saturated carbocycles. The molecular formula is C7H3Cl3NO2PS. The Kier molecular flexibility index (Phi) is 4.98. The predicted octanol–water partition coefficient (Wildman–Crippen LogP) is 3.53. The van der Waals surface area contributed by atoms with Crippen molar-refractivity contribution in [2.24, 2.45) is 0 Å². The molecule has 80 valence electrons. The molecule has 0 fully saturated rings. The van der Waals surface area contributed by atoms with Gasteiger partial charge in [0.2, 0.25) is 5.88 Å². The summed E-state index contributed by atoms with van der Waals surface area (Å²) in [4.78, 5) is 3.78. The highest BCUT2D eigenvalue weighted by Crippen LogP contribution is 2.35. The minimum Gasteiger partial charge on any atom is -0.417 e. The molecule has 3 nitrogen and oxygen atoms in total. The molecule has 0 amide bonds. The molecule has 0 spiro atoms. The second-order valence-corrected chi connectivity index (χ2v) is 5.20. The smallest absolute Gasteiger partial charge is 0.286 e. The highest BCUT2D eigenvalue weighted by molar-refractivity contribution is 8.00. The maximum absolute atomic E-state index is 5.78. The Hall–Kier alpha value is -0.170. The van der Waals surface area contributed by atoms with E-state index in [1.807, 2.05) is 6.11 Å². The first-order chi connectivity index (χ1) is 7.04. The fourth-order valence-electron chi connectivity index (χ4n) is 0.648. The summed E-state index contributed by atoms with van der Waals surface area (Å²) in [6.07, 6.45) is 6.80.